The smallest absolute Gasteiger partial charge is 0.118 e. The van der Waals surface area contributed by atoms with E-state index in [2.05, 4.69) is 27.0 Å². The van der Waals surface area contributed by atoms with Crippen molar-refractivity contribution in [3.8, 4) is 0 Å². The molecule has 2 fully saturated rings. The van der Waals surface area contributed by atoms with Crippen molar-refractivity contribution in [3.05, 3.63) is 40.6 Å². The lowest BCUT2D eigenvalue weighted by atomic mass is 10.0. The monoisotopic (exact) mass is 333 g/mol. The number of ether oxygens (including phenoxy) is 2. The predicted molar refractivity (Wildman–Crippen MR) is 89.2 cm³/mol. The Hall–Kier alpha value is -1.21. The second-order valence-electron chi connectivity index (χ2n) is 6.35. The van der Waals surface area contributed by atoms with Gasteiger partial charge in [0.05, 0.1) is 25.9 Å². The Kier molecular flexibility index (Phi) is 4.75. The van der Waals surface area contributed by atoms with Crippen LogP contribution in [0.5, 0.6) is 0 Å². The zero-order chi connectivity index (χ0) is 15.5. The second kappa shape index (κ2) is 7.13. The van der Waals surface area contributed by atoms with Crippen LogP contribution in [0.25, 0.3) is 0 Å². The first-order valence-electron chi connectivity index (χ1n) is 8.34. The van der Waals surface area contributed by atoms with Crippen molar-refractivity contribution in [2.75, 3.05) is 19.8 Å². The summed E-state index contributed by atoms with van der Waals surface area (Å²) in [6, 6.07) is 4.76. The number of hydrogen-bond donors (Lipinski definition) is 1. The molecule has 0 amide bonds. The minimum absolute atomic E-state index is 0.315. The van der Waals surface area contributed by atoms with Crippen molar-refractivity contribution >= 4 is 11.3 Å². The van der Waals surface area contributed by atoms with Gasteiger partial charge < -0.3 is 14.5 Å². The van der Waals surface area contributed by atoms with Crippen LogP contribution in [-0.4, -0.2) is 46.8 Å². The molecule has 0 radical (unpaired) electrons. The fraction of sp³-hybridized carbons (Fsp3) is 0.588. The third-order valence-electron chi connectivity index (χ3n) is 4.91. The summed E-state index contributed by atoms with van der Waals surface area (Å²) in [4.78, 5) is 10.1. The van der Waals surface area contributed by atoms with Gasteiger partial charge in [0.15, 0.2) is 0 Å². The number of thiazole rings is 1. The van der Waals surface area contributed by atoms with Gasteiger partial charge in [0, 0.05) is 48.5 Å². The van der Waals surface area contributed by atoms with Crippen molar-refractivity contribution in [3.63, 3.8) is 0 Å². The van der Waals surface area contributed by atoms with Gasteiger partial charge in [0.2, 0.25) is 0 Å². The molecule has 124 valence electrons. The Labute approximate surface area is 140 Å². The van der Waals surface area contributed by atoms with Crippen molar-refractivity contribution in [2.45, 2.75) is 38.1 Å². The van der Waals surface area contributed by atoms with Gasteiger partial charge in [0.25, 0.3) is 0 Å². The lowest BCUT2D eigenvalue weighted by Crippen LogP contribution is -2.50. The summed E-state index contributed by atoms with van der Waals surface area (Å²) in [6.07, 6.45) is 6.54. The SMILES string of the molecule is c1c[nH]c(CN2CCO[C@@H]3[C@H](COCc4nccs4)CC[C@H]32)c1. The number of hydrogen-bond acceptors (Lipinski definition) is 5. The Balaban J connectivity index is 1.31. The highest BCUT2D eigenvalue weighted by atomic mass is 32.1. The van der Waals surface area contributed by atoms with Gasteiger partial charge in [-0.05, 0) is 25.0 Å². The minimum atomic E-state index is 0.315. The van der Waals surface area contributed by atoms with Gasteiger partial charge in [-0.2, -0.15) is 0 Å². The normalized spacial score (nSPS) is 28.1. The van der Waals surface area contributed by atoms with E-state index in [0.29, 0.717) is 24.7 Å². The van der Waals surface area contributed by atoms with Gasteiger partial charge in [0.1, 0.15) is 5.01 Å². The van der Waals surface area contributed by atoms with Crippen LogP contribution in [0.2, 0.25) is 0 Å². The third kappa shape index (κ3) is 3.50. The Bertz CT molecular complexity index is 587. The molecule has 1 aliphatic carbocycles. The summed E-state index contributed by atoms with van der Waals surface area (Å²) in [5.41, 5.74) is 1.29. The maximum Gasteiger partial charge on any atom is 0.118 e. The number of H-pyrrole nitrogens is 1. The van der Waals surface area contributed by atoms with Crippen LogP contribution in [0.1, 0.15) is 23.5 Å². The summed E-state index contributed by atoms with van der Waals surface area (Å²) in [6.45, 7) is 4.23. The van der Waals surface area contributed by atoms with Gasteiger partial charge in [-0.25, -0.2) is 4.98 Å². The van der Waals surface area contributed by atoms with E-state index in [1.54, 1.807) is 11.3 Å². The lowest BCUT2D eigenvalue weighted by Gasteiger charge is -2.39. The van der Waals surface area contributed by atoms with Gasteiger partial charge in [-0.15, -0.1) is 11.3 Å². The van der Waals surface area contributed by atoms with E-state index in [9.17, 15) is 0 Å². The van der Waals surface area contributed by atoms with E-state index in [4.69, 9.17) is 9.47 Å². The molecule has 1 saturated carbocycles. The van der Waals surface area contributed by atoms with Crippen LogP contribution in [0.4, 0.5) is 0 Å². The van der Waals surface area contributed by atoms with Gasteiger partial charge in [-0.1, -0.05) is 0 Å². The molecule has 2 aromatic heterocycles. The van der Waals surface area contributed by atoms with Crippen LogP contribution in [0.15, 0.2) is 29.9 Å². The van der Waals surface area contributed by atoms with E-state index in [-0.39, 0.29) is 0 Å². The van der Waals surface area contributed by atoms with Crippen LogP contribution >= 0.6 is 11.3 Å². The summed E-state index contributed by atoms with van der Waals surface area (Å²) in [5, 5.41) is 3.05. The number of morpholine rings is 1. The molecule has 0 aromatic carbocycles. The van der Waals surface area contributed by atoms with Crippen LogP contribution in [-0.2, 0) is 22.6 Å². The minimum Gasteiger partial charge on any atom is -0.375 e. The fourth-order valence-electron chi connectivity index (χ4n) is 3.82. The lowest BCUT2D eigenvalue weighted by molar-refractivity contribution is -0.0894. The fourth-order valence-corrected chi connectivity index (χ4v) is 4.37. The number of aromatic amines is 1. The quantitative estimate of drug-likeness (QED) is 0.883. The second-order valence-corrected chi connectivity index (χ2v) is 7.33. The number of fused-ring (bicyclic) bond motifs is 1. The number of nitrogens with zero attached hydrogens (tertiary/aromatic N) is 2. The number of aromatic nitrogens is 2. The molecule has 2 aromatic rings. The molecule has 0 bridgehead atoms. The van der Waals surface area contributed by atoms with Crippen molar-refractivity contribution in [1.29, 1.82) is 0 Å². The van der Waals surface area contributed by atoms with Crippen molar-refractivity contribution in [2.24, 2.45) is 5.92 Å². The first-order chi connectivity index (χ1) is 11.4. The first-order valence-corrected chi connectivity index (χ1v) is 9.22. The summed E-state index contributed by atoms with van der Waals surface area (Å²) < 4.78 is 12.0. The molecule has 3 heterocycles. The van der Waals surface area contributed by atoms with Gasteiger partial charge >= 0.3 is 0 Å². The standard InChI is InChI=1S/C17H23N3O2S/c1-2-14(18-5-1)10-20-7-8-22-17-13(3-4-15(17)20)11-21-12-16-19-6-9-23-16/h1-2,5-6,9,13,15,17-18H,3-4,7-8,10-12H2/t13-,15+,17+/m0/s1. The molecule has 5 nitrogen and oxygen atoms in total. The average molecular weight is 333 g/mol. The number of rotatable bonds is 6. The van der Waals surface area contributed by atoms with E-state index < -0.39 is 0 Å². The van der Waals surface area contributed by atoms with Crippen molar-refractivity contribution in [1.82, 2.24) is 14.9 Å². The summed E-state index contributed by atoms with van der Waals surface area (Å²) in [7, 11) is 0. The highest BCUT2D eigenvalue weighted by Crippen LogP contribution is 2.35. The Morgan fingerprint density at radius 2 is 2.43 bits per heavy atom. The maximum absolute atomic E-state index is 6.11. The topological polar surface area (TPSA) is 50.4 Å². The molecular weight excluding hydrogens is 310 g/mol. The number of nitrogens with one attached hydrogen (secondary N) is 1. The molecule has 4 rings (SSSR count). The largest absolute Gasteiger partial charge is 0.375 e. The van der Waals surface area contributed by atoms with Crippen LogP contribution in [0, 0.1) is 5.92 Å². The molecule has 1 N–H and O–H groups in total. The first kappa shape index (κ1) is 15.3. The highest BCUT2D eigenvalue weighted by Gasteiger charge is 2.42. The molecule has 1 saturated heterocycles. The van der Waals surface area contributed by atoms with E-state index in [1.165, 1.54) is 18.5 Å². The van der Waals surface area contributed by atoms with E-state index in [0.717, 1.165) is 31.3 Å². The molecule has 2 aliphatic rings. The third-order valence-corrected chi connectivity index (χ3v) is 5.66. The van der Waals surface area contributed by atoms with Crippen LogP contribution < -0.4 is 0 Å². The zero-order valence-corrected chi connectivity index (χ0v) is 14.0. The molecule has 3 atom stereocenters. The molecule has 0 spiro atoms. The van der Waals surface area contributed by atoms with Crippen LogP contribution in [0.3, 0.4) is 0 Å². The zero-order valence-electron chi connectivity index (χ0n) is 13.2. The van der Waals surface area contributed by atoms with E-state index in [1.807, 2.05) is 17.8 Å². The average Bonchev–Trinajstić information content (AvgIpc) is 3.30. The molecule has 0 unspecified atom stereocenters. The molecule has 6 heteroatoms. The highest BCUT2D eigenvalue weighted by molar-refractivity contribution is 7.09. The molecular formula is C17H23N3O2S. The molecule has 1 aliphatic heterocycles. The maximum atomic E-state index is 6.11. The molecule has 23 heavy (non-hydrogen) atoms. The predicted octanol–water partition coefficient (Wildman–Crippen LogP) is 2.67. The summed E-state index contributed by atoms with van der Waals surface area (Å²) >= 11 is 1.65. The van der Waals surface area contributed by atoms with E-state index >= 15 is 0 Å². The van der Waals surface area contributed by atoms with Gasteiger partial charge in [-0.3, -0.25) is 4.90 Å². The Morgan fingerprint density at radius 1 is 1.43 bits per heavy atom. The summed E-state index contributed by atoms with van der Waals surface area (Å²) in [5.74, 6) is 0.506. The van der Waals surface area contributed by atoms with Crippen molar-refractivity contribution < 1.29 is 9.47 Å². The Morgan fingerprint density at radius 3 is 3.26 bits per heavy atom.